The van der Waals surface area contributed by atoms with Crippen molar-refractivity contribution in [2.24, 2.45) is 0 Å². The Morgan fingerprint density at radius 3 is 2.69 bits per heavy atom. The molecule has 0 atom stereocenters. The molecule has 2 aromatic carbocycles. The van der Waals surface area contributed by atoms with Crippen molar-refractivity contribution >= 4 is 49.3 Å². The lowest BCUT2D eigenvalue weighted by molar-refractivity contribution is -0.0954. The fraction of sp³-hybridized carbons (Fsp3) is 0.333. The van der Waals surface area contributed by atoms with Crippen molar-refractivity contribution in [1.29, 1.82) is 0 Å². The van der Waals surface area contributed by atoms with Gasteiger partial charge >= 0.3 is 6.18 Å². The Bertz CT molecular complexity index is 1480. The number of hydrogen-bond donors (Lipinski definition) is 2. The molecule has 0 amide bonds. The van der Waals surface area contributed by atoms with Gasteiger partial charge in [0.05, 0.1) is 29.1 Å². The number of benzene rings is 2. The highest BCUT2D eigenvalue weighted by molar-refractivity contribution is 7.22. The molecule has 0 saturated carbocycles. The third kappa shape index (κ3) is 5.46. The molecule has 7 nitrogen and oxygen atoms in total. The molecule has 1 saturated heterocycles. The van der Waals surface area contributed by atoms with Crippen LogP contribution in [0.5, 0.6) is 0 Å². The topological polar surface area (TPSA) is 65.5 Å². The first-order valence-electron chi connectivity index (χ1n) is 12.7. The van der Waals surface area contributed by atoms with Crippen LogP contribution in [0.4, 0.5) is 24.0 Å². The van der Waals surface area contributed by atoms with E-state index >= 15 is 0 Å². The van der Waals surface area contributed by atoms with Gasteiger partial charge in [0.15, 0.2) is 0 Å². The SMILES string of the molecule is CCN1C/C(=C(\NNc2nc3ccccc3s2)C(F)(F)F)c2cc(-c3nc(CN4CCOCC4)cs3)ccc21. The van der Waals surface area contributed by atoms with E-state index in [1.165, 1.54) is 22.7 Å². The fourth-order valence-electron chi connectivity index (χ4n) is 4.90. The Kier molecular flexibility index (Phi) is 7.19. The molecule has 2 aromatic heterocycles. The number of anilines is 2. The third-order valence-electron chi connectivity index (χ3n) is 6.85. The van der Waals surface area contributed by atoms with E-state index in [-0.39, 0.29) is 12.1 Å². The summed E-state index contributed by atoms with van der Waals surface area (Å²) < 4.78 is 49.6. The first kappa shape index (κ1) is 26.1. The first-order chi connectivity index (χ1) is 18.9. The van der Waals surface area contributed by atoms with Gasteiger partial charge in [0.25, 0.3) is 0 Å². The molecule has 1 fully saturated rings. The van der Waals surface area contributed by atoms with Gasteiger partial charge in [-0.3, -0.25) is 15.8 Å². The zero-order valence-corrected chi connectivity index (χ0v) is 22.8. The summed E-state index contributed by atoms with van der Waals surface area (Å²) in [5.74, 6) is 0. The van der Waals surface area contributed by atoms with Crippen molar-refractivity contribution in [2.75, 3.05) is 49.7 Å². The van der Waals surface area contributed by atoms with Crippen LogP contribution < -0.4 is 15.8 Å². The van der Waals surface area contributed by atoms with Gasteiger partial charge in [0.2, 0.25) is 5.13 Å². The highest BCUT2D eigenvalue weighted by Gasteiger charge is 2.40. The summed E-state index contributed by atoms with van der Waals surface area (Å²) in [4.78, 5) is 13.4. The van der Waals surface area contributed by atoms with Crippen LogP contribution in [0.2, 0.25) is 0 Å². The molecule has 204 valence electrons. The zero-order valence-electron chi connectivity index (χ0n) is 21.2. The number of likely N-dealkylation sites (N-methyl/N-ethyl adjacent to an activating group) is 1. The van der Waals surface area contributed by atoms with E-state index < -0.39 is 11.9 Å². The van der Waals surface area contributed by atoms with Gasteiger partial charge in [0.1, 0.15) is 10.7 Å². The fourth-order valence-corrected chi connectivity index (χ4v) is 6.53. The second kappa shape index (κ2) is 10.8. The minimum atomic E-state index is -4.59. The van der Waals surface area contributed by atoms with Crippen molar-refractivity contribution in [2.45, 2.75) is 19.6 Å². The molecule has 6 rings (SSSR count). The Balaban J connectivity index is 1.31. The maximum absolute atomic E-state index is 14.4. The highest BCUT2D eigenvalue weighted by Crippen LogP contribution is 2.43. The molecule has 0 aliphatic carbocycles. The number of fused-ring (bicyclic) bond motifs is 2. The lowest BCUT2D eigenvalue weighted by Gasteiger charge is -2.25. The number of nitrogens with one attached hydrogen (secondary N) is 2. The summed E-state index contributed by atoms with van der Waals surface area (Å²) >= 11 is 2.81. The zero-order chi connectivity index (χ0) is 27.0. The molecule has 4 aromatic rings. The van der Waals surface area contributed by atoms with Crippen LogP contribution in [0.25, 0.3) is 26.4 Å². The molecule has 0 bridgehead atoms. The number of para-hydroxylation sites is 1. The molecule has 2 aliphatic heterocycles. The van der Waals surface area contributed by atoms with E-state index in [2.05, 4.69) is 20.7 Å². The van der Waals surface area contributed by atoms with Crippen molar-refractivity contribution in [3.8, 4) is 10.6 Å². The Hall–Kier alpha value is -3.19. The van der Waals surface area contributed by atoms with E-state index in [1.807, 2.05) is 59.7 Å². The second-order valence-corrected chi connectivity index (χ2v) is 11.3. The number of ether oxygens (including phenoxy) is 1. The molecule has 4 heterocycles. The lowest BCUT2D eigenvalue weighted by Crippen LogP contribution is -2.35. The van der Waals surface area contributed by atoms with Crippen molar-refractivity contribution in [1.82, 2.24) is 20.3 Å². The number of hydrogen-bond acceptors (Lipinski definition) is 9. The van der Waals surface area contributed by atoms with E-state index in [0.29, 0.717) is 30.5 Å². The van der Waals surface area contributed by atoms with Gasteiger partial charge in [0, 0.05) is 60.5 Å². The first-order valence-corrected chi connectivity index (χ1v) is 14.4. The smallest absolute Gasteiger partial charge is 0.379 e. The summed E-state index contributed by atoms with van der Waals surface area (Å²) in [5.41, 5.74) is 8.40. The predicted molar refractivity (Wildman–Crippen MR) is 151 cm³/mol. The van der Waals surface area contributed by atoms with Gasteiger partial charge in [-0.1, -0.05) is 23.5 Å². The lowest BCUT2D eigenvalue weighted by atomic mass is 10.0. The van der Waals surface area contributed by atoms with Crippen LogP contribution in [-0.2, 0) is 11.3 Å². The summed E-state index contributed by atoms with van der Waals surface area (Å²) in [6.45, 7) is 6.59. The average Bonchev–Trinajstić information content (AvgIpc) is 3.65. The normalized spacial score (nSPS) is 17.5. The highest BCUT2D eigenvalue weighted by atomic mass is 32.1. The quantitative estimate of drug-likeness (QED) is 0.264. The van der Waals surface area contributed by atoms with Crippen LogP contribution in [0.1, 0.15) is 18.2 Å². The summed E-state index contributed by atoms with van der Waals surface area (Å²) in [5, 5.41) is 3.19. The predicted octanol–water partition coefficient (Wildman–Crippen LogP) is 5.98. The number of thiazole rings is 2. The van der Waals surface area contributed by atoms with Crippen molar-refractivity contribution in [3.63, 3.8) is 0 Å². The maximum atomic E-state index is 14.4. The van der Waals surface area contributed by atoms with E-state index in [0.717, 1.165) is 51.8 Å². The number of aromatic nitrogens is 2. The van der Waals surface area contributed by atoms with E-state index in [1.54, 1.807) is 0 Å². The molecule has 0 radical (unpaired) electrons. The van der Waals surface area contributed by atoms with Gasteiger partial charge in [-0.2, -0.15) is 13.2 Å². The average molecular weight is 573 g/mol. The molecule has 39 heavy (non-hydrogen) atoms. The number of rotatable bonds is 7. The molecular weight excluding hydrogens is 545 g/mol. The number of alkyl halides is 3. The molecule has 0 unspecified atom stereocenters. The Morgan fingerprint density at radius 2 is 1.92 bits per heavy atom. The number of morpholine rings is 1. The summed E-state index contributed by atoms with van der Waals surface area (Å²) in [7, 11) is 0. The van der Waals surface area contributed by atoms with Gasteiger partial charge in [-0.25, -0.2) is 9.97 Å². The van der Waals surface area contributed by atoms with Crippen LogP contribution in [0.3, 0.4) is 0 Å². The number of hydrazine groups is 1. The third-order valence-corrected chi connectivity index (χ3v) is 8.75. The van der Waals surface area contributed by atoms with Gasteiger partial charge in [-0.15, -0.1) is 11.3 Å². The number of halogens is 3. The number of nitrogens with zero attached hydrogens (tertiary/aromatic N) is 4. The number of allylic oxidation sites excluding steroid dienone is 1. The van der Waals surface area contributed by atoms with Crippen molar-refractivity contribution < 1.29 is 17.9 Å². The van der Waals surface area contributed by atoms with Crippen LogP contribution in [0.15, 0.2) is 53.5 Å². The van der Waals surface area contributed by atoms with Crippen LogP contribution >= 0.6 is 22.7 Å². The van der Waals surface area contributed by atoms with Crippen LogP contribution in [-0.4, -0.2) is 60.4 Å². The molecule has 2 N–H and O–H groups in total. The monoisotopic (exact) mass is 572 g/mol. The van der Waals surface area contributed by atoms with E-state index in [4.69, 9.17) is 9.72 Å². The Labute approximate surface area is 231 Å². The van der Waals surface area contributed by atoms with Crippen LogP contribution in [0, 0.1) is 0 Å². The molecule has 0 spiro atoms. The second-order valence-electron chi connectivity index (χ2n) is 9.37. The summed E-state index contributed by atoms with van der Waals surface area (Å²) in [6, 6.07) is 13.1. The van der Waals surface area contributed by atoms with Gasteiger partial charge < -0.3 is 9.64 Å². The molecular formula is C27H27F3N6OS2. The summed E-state index contributed by atoms with van der Waals surface area (Å²) in [6.07, 6.45) is -4.59. The minimum absolute atomic E-state index is 0.152. The van der Waals surface area contributed by atoms with E-state index in [9.17, 15) is 13.2 Å². The van der Waals surface area contributed by atoms with Gasteiger partial charge in [-0.05, 0) is 37.3 Å². The molecule has 12 heteroatoms. The maximum Gasteiger partial charge on any atom is 0.433 e. The standard InChI is InChI=1S/C27H27F3N6OS2/c1-2-36-15-20(24(27(28,29)30)33-34-26-32-21-5-3-4-6-23(21)39-26)19-13-17(7-8-22(19)36)25-31-18(16-38-25)14-35-9-11-37-12-10-35/h3-8,13,16,33H,2,9-12,14-15H2,1H3,(H,32,34)/b24-20+. The molecule has 2 aliphatic rings. The van der Waals surface area contributed by atoms with Crippen molar-refractivity contribution in [3.05, 3.63) is 64.8 Å². The minimum Gasteiger partial charge on any atom is -0.379 e. The largest absolute Gasteiger partial charge is 0.433 e. The Morgan fingerprint density at radius 1 is 1.10 bits per heavy atom.